The fourth-order valence-electron chi connectivity index (χ4n) is 3.07. The molecule has 6 heteroatoms. The van der Waals surface area contributed by atoms with E-state index in [2.05, 4.69) is 0 Å². The van der Waals surface area contributed by atoms with E-state index >= 15 is 0 Å². The lowest BCUT2D eigenvalue weighted by Gasteiger charge is -2.38. The first-order valence-electron chi connectivity index (χ1n) is 7.16. The van der Waals surface area contributed by atoms with Gasteiger partial charge in [0.1, 0.15) is 0 Å². The Labute approximate surface area is 134 Å². The van der Waals surface area contributed by atoms with Crippen molar-refractivity contribution in [2.24, 2.45) is 5.41 Å². The zero-order chi connectivity index (χ0) is 17.3. The number of allylic oxidation sites excluding steroid dienone is 1. The van der Waals surface area contributed by atoms with Gasteiger partial charge in [0.15, 0.2) is 11.5 Å². The van der Waals surface area contributed by atoms with Crippen LogP contribution in [-0.4, -0.2) is 36.4 Å². The second-order valence-electron chi connectivity index (χ2n) is 5.96. The molecular weight excluding hydrogens is 300 g/mol. The van der Waals surface area contributed by atoms with Gasteiger partial charge < -0.3 is 19.7 Å². The van der Waals surface area contributed by atoms with Crippen molar-refractivity contribution in [1.82, 2.24) is 0 Å². The summed E-state index contributed by atoms with van der Waals surface area (Å²) in [4.78, 5) is 23.6. The molecule has 0 aromatic heterocycles. The van der Waals surface area contributed by atoms with Gasteiger partial charge in [-0.05, 0) is 37.5 Å². The number of carbonyl (C=O) groups is 2. The van der Waals surface area contributed by atoms with Crippen LogP contribution in [0.4, 0.5) is 0 Å². The van der Waals surface area contributed by atoms with E-state index in [-0.39, 0.29) is 12.8 Å². The van der Waals surface area contributed by atoms with Crippen LogP contribution < -0.4 is 9.47 Å². The van der Waals surface area contributed by atoms with Gasteiger partial charge in [-0.25, -0.2) is 0 Å². The highest BCUT2D eigenvalue weighted by Crippen LogP contribution is 2.46. The highest BCUT2D eigenvalue weighted by molar-refractivity contribution is 5.86. The molecule has 1 aliphatic rings. The zero-order valence-corrected chi connectivity index (χ0v) is 13.3. The molecule has 0 saturated carbocycles. The van der Waals surface area contributed by atoms with E-state index in [1.165, 1.54) is 21.1 Å². The molecule has 1 aliphatic carbocycles. The molecule has 2 unspecified atom stereocenters. The average molecular weight is 320 g/mol. The van der Waals surface area contributed by atoms with Crippen LogP contribution in [0.5, 0.6) is 11.5 Å². The zero-order valence-electron chi connectivity index (χ0n) is 13.3. The number of ether oxygens (including phenoxy) is 2. The van der Waals surface area contributed by atoms with Gasteiger partial charge in [-0.3, -0.25) is 9.59 Å². The molecule has 0 heterocycles. The van der Waals surface area contributed by atoms with Crippen molar-refractivity contribution in [2.75, 3.05) is 14.2 Å². The summed E-state index contributed by atoms with van der Waals surface area (Å²) in [6, 6.07) is 4.89. The number of aliphatic carboxylic acids is 2. The Morgan fingerprint density at radius 2 is 1.74 bits per heavy atom. The minimum absolute atomic E-state index is 0.0311. The Hall–Kier alpha value is -2.50. The lowest BCUT2D eigenvalue weighted by atomic mass is 9.63. The third-order valence-electron chi connectivity index (χ3n) is 4.46. The minimum atomic E-state index is -1.32. The second kappa shape index (κ2) is 5.95. The third kappa shape index (κ3) is 2.76. The van der Waals surface area contributed by atoms with Crippen LogP contribution >= 0.6 is 0 Å². The normalized spacial score (nSPS) is 26.6. The monoisotopic (exact) mass is 320 g/mol. The van der Waals surface area contributed by atoms with E-state index in [1.54, 1.807) is 30.4 Å². The molecule has 0 radical (unpaired) electrons. The Morgan fingerprint density at radius 1 is 1.09 bits per heavy atom. The van der Waals surface area contributed by atoms with Crippen LogP contribution in [0.2, 0.25) is 0 Å². The van der Waals surface area contributed by atoms with Crippen LogP contribution in [0.3, 0.4) is 0 Å². The van der Waals surface area contributed by atoms with Gasteiger partial charge in [-0.15, -0.1) is 0 Å². The second-order valence-corrected chi connectivity index (χ2v) is 5.96. The lowest BCUT2D eigenvalue weighted by molar-refractivity contribution is -0.151. The molecule has 0 saturated heterocycles. The van der Waals surface area contributed by atoms with Gasteiger partial charge in [0.2, 0.25) is 0 Å². The predicted molar refractivity (Wildman–Crippen MR) is 83.0 cm³/mol. The van der Waals surface area contributed by atoms with Gasteiger partial charge >= 0.3 is 11.9 Å². The Kier molecular flexibility index (Phi) is 4.36. The van der Waals surface area contributed by atoms with Gasteiger partial charge in [0.05, 0.1) is 25.0 Å². The summed E-state index contributed by atoms with van der Waals surface area (Å²) in [7, 11) is 2.96. The van der Waals surface area contributed by atoms with E-state index in [0.717, 1.165) is 0 Å². The van der Waals surface area contributed by atoms with Crippen LogP contribution in [0.15, 0.2) is 30.4 Å². The molecule has 0 spiro atoms. The number of benzene rings is 1. The molecule has 6 nitrogen and oxygen atoms in total. The quantitative estimate of drug-likeness (QED) is 0.810. The van der Waals surface area contributed by atoms with E-state index in [0.29, 0.717) is 17.1 Å². The largest absolute Gasteiger partial charge is 0.493 e. The van der Waals surface area contributed by atoms with E-state index in [9.17, 15) is 19.8 Å². The molecule has 1 aromatic rings. The summed E-state index contributed by atoms with van der Waals surface area (Å²) in [6.07, 6.45) is 3.39. The highest BCUT2D eigenvalue weighted by atomic mass is 16.5. The van der Waals surface area contributed by atoms with Crippen molar-refractivity contribution in [3.63, 3.8) is 0 Å². The Bertz CT molecular complexity index is 665. The molecule has 1 aromatic carbocycles. The van der Waals surface area contributed by atoms with E-state index in [4.69, 9.17) is 9.47 Å². The van der Waals surface area contributed by atoms with E-state index < -0.39 is 22.8 Å². The van der Waals surface area contributed by atoms with Crippen LogP contribution in [0, 0.1) is 5.41 Å². The molecule has 2 rings (SSSR count). The van der Waals surface area contributed by atoms with Gasteiger partial charge in [0.25, 0.3) is 0 Å². The SMILES string of the molecule is COc1ccc(C2(C(=O)O)CC=CC(C)(C(=O)O)C2)cc1OC. The molecule has 0 bridgehead atoms. The van der Waals surface area contributed by atoms with Crippen molar-refractivity contribution >= 4 is 11.9 Å². The highest BCUT2D eigenvalue weighted by Gasteiger charge is 2.50. The predicted octanol–water partition coefficient (Wildman–Crippen LogP) is 2.47. The van der Waals surface area contributed by atoms with Crippen molar-refractivity contribution in [3.05, 3.63) is 35.9 Å². The molecule has 0 aliphatic heterocycles. The number of hydrogen-bond acceptors (Lipinski definition) is 4. The van der Waals surface area contributed by atoms with Gasteiger partial charge in [-0.2, -0.15) is 0 Å². The molecule has 124 valence electrons. The van der Waals surface area contributed by atoms with E-state index in [1.807, 2.05) is 0 Å². The molecular formula is C17H20O6. The Balaban J connectivity index is 2.58. The van der Waals surface area contributed by atoms with Crippen LogP contribution in [0.25, 0.3) is 0 Å². The Morgan fingerprint density at radius 3 is 2.26 bits per heavy atom. The minimum Gasteiger partial charge on any atom is -0.493 e. The van der Waals surface area contributed by atoms with Crippen LogP contribution in [0.1, 0.15) is 25.3 Å². The smallest absolute Gasteiger partial charge is 0.314 e. The summed E-state index contributed by atoms with van der Waals surface area (Å²) in [5, 5.41) is 19.3. The summed E-state index contributed by atoms with van der Waals surface area (Å²) in [6.45, 7) is 1.53. The van der Waals surface area contributed by atoms with Gasteiger partial charge in [-0.1, -0.05) is 18.2 Å². The lowest BCUT2D eigenvalue weighted by Crippen LogP contribution is -2.45. The van der Waals surface area contributed by atoms with Crippen molar-refractivity contribution in [3.8, 4) is 11.5 Å². The third-order valence-corrected chi connectivity index (χ3v) is 4.46. The first-order valence-corrected chi connectivity index (χ1v) is 7.16. The van der Waals surface area contributed by atoms with Crippen molar-refractivity contribution in [1.29, 1.82) is 0 Å². The maximum Gasteiger partial charge on any atom is 0.314 e. The first-order chi connectivity index (χ1) is 10.8. The van der Waals surface area contributed by atoms with Gasteiger partial charge in [0, 0.05) is 0 Å². The average Bonchev–Trinajstić information content (AvgIpc) is 2.53. The van der Waals surface area contributed by atoms with Crippen LogP contribution in [-0.2, 0) is 15.0 Å². The number of carboxylic acid groups (broad SMARTS) is 2. The molecule has 0 amide bonds. The molecule has 23 heavy (non-hydrogen) atoms. The fraction of sp³-hybridized carbons (Fsp3) is 0.412. The van der Waals surface area contributed by atoms with Crippen molar-refractivity contribution < 1.29 is 29.3 Å². The van der Waals surface area contributed by atoms with Crippen molar-refractivity contribution in [2.45, 2.75) is 25.2 Å². The maximum atomic E-state index is 12.0. The summed E-state index contributed by atoms with van der Waals surface area (Å²) >= 11 is 0. The number of carboxylic acids is 2. The number of hydrogen-bond donors (Lipinski definition) is 2. The topological polar surface area (TPSA) is 93.1 Å². The molecule has 2 N–H and O–H groups in total. The number of methoxy groups -OCH3 is 2. The molecule has 2 atom stereocenters. The molecule has 0 fully saturated rings. The standard InChI is InChI=1S/C17H20O6/c1-16(14(18)19)7-4-8-17(10-16,15(20)21)11-5-6-12(22-2)13(9-11)23-3/h4-7,9H,8,10H2,1-3H3,(H,18,19)(H,20,21). The summed E-state index contributed by atoms with van der Waals surface area (Å²) in [5.41, 5.74) is -2.05. The summed E-state index contributed by atoms with van der Waals surface area (Å²) < 4.78 is 10.4. The first kappa shape index (κ1) is 16.9. The maximum absolute atomic E-state index is 12.0. The fourth-order valence-corrected chi connectivity index (χ4v) is 3.07. The number of rotatable bonds is 5. The summed E-state index contributed by atoms with van der Waals surface area (Å²) in [5.74, 6) is -1.19.